The Balaban J connectivity index is 1.08. The third-order valence-corrected chi connectivity index (χ3v) is 16.3. The number of aromatic hydroxyl groups is 6. The molecule has 28 nitrogen and oxygen atoms in total. The number of amides is 7. The maximum atomic E-state index is 15.7. The Labute approximate surface area is 557 Å². The number of nitrogens with one attached hydrogen (secondary N) is 9. The lowest BCUT2D eigenvalue weighted by molar-refractivity contribution is -0.137. The second-order valence-corrected chi connectivity index (χ2v) is 23.5. The molecule has 5 heterocycles. The molecule has 0 radical (unpaired) electrons. The molecule has 13 bridgehead atoms. The average molecular weight is 1360 g/mol. The van der Waals surface area contributed by atoms with E-state index in [2.05, 4.69) is 47.9 Å². The number of carbonyl (C=O) groups is 7. The lowest BCUT2D eigenvalue weighted by Gasteiger charge is -2.30. The lowest BCUT2D eigenvalue weighted by Crippen LogP contribution is -2.55. The molecule has 0 saturated heterocycles. The number of ether oxygens (including phenoxy) is 3. The first kappa shape index (κ1) is 68.3. The highest BCUT2D eigenvalue weighted by Crippen LogP contribution is 2.47. The molecule has 96 heavy (non-hydrogen) atoms. The first-order valence-electron chi connectivity index (χ1n) is 30.1. The molecule has 0 fully saturated rings. The van der Waals surface area contributed by atoms with Crippen LogP contribution < -0.4 is 73.5 Å². The summed E-state index contributed by atoms with van der Waals surface area (Å²) in [5, 5.41) is 103. The number of hydrogen-bond donors (Lipinski definition) is 18. The van der Waals surface area contributed by atoms with Crippen LogP contribution in [0, 0.1) is 0 Å². The Bertz CT molecular complexity index is 4110. The maximum absolute atomic E-state index is 15.7. The zero-order valence-electron chi connectivity index (χ0n) is 50.7. The lowest BCUT2D eigenvalue weighted by atomic mass is 9.97. The Morgan fingerprint density at radius 3 is 1.73 bits per heavy atom. The van der Waals surface area contributed by atoms with Crippen LogP contribution in [0.3, 0.4) is 0 Å². The number of phenols is 6. The van der Waals surface area contributed by atoms with Crippen molar-refractivity contribution in [2.45, 2.75) is 67.7 Å². The van der Waals surface area contributed by atoms with E-state index in [-0.39, 0.29) is 85.1 Å². The number of halogens is 2. The highest BCUT2D eigenvalue weighted by atomic mass is 35.5. The largest absolute Gasteiger partial charge is 0.508 e. The van der Waals surface area contributed by atoms with Crippen molar-refractivity contribution in [3.8, 4) is 69.0 Å². The van der Waals surface area contributed by atoms with E-state index in [1.54, 1.807) is 0 Å². The van der Waals surface area contributed by atoms with Crippen molar-refractivity contribution in [2.75, 3.05) is 39.3 Å². The summed E-state index contributed by atoms with van der Waals surface area (Å²) in [5.41, 5.74) is 11.5. The van der Waals surface area contributed by atoms with Crippen molar-refractivity contribution >= 4 is 64.6 Å². The van der Waals surface area contributed by atoms with E-state index < -0.39 is 130 Å². The van der Waals surface area contributed by atoms with Gasteiger partial charge in [0, 0.05) is 38.2 Å². The smallest absolute Gasteiger partial charge is 0.248 e. The van der Waals surface area contributed by atoms with Crippen molar-refractivity contribution < 1.29 is 83.5 Å². The van der Waals surface area contributed by atoms with E-state index in [4.69, 9.17) is 48.9 Å². The van der Waals surface area contributed by atoms with Crippen LogP contribution in [-0.2, 0) is 40.0 Å². The van der Waals surface area contributed by atoms with Crippen molar-refractivity contribution in [3.63, 3.8) is 0 Å². The van der Waals surface area contributed by atoms with Gasteiger partial charge in [-0.25, -0.2) is 0 Å². The monoisotopic (exact) mass is 1360 g/mol. The number of benzene rings is 7. The standard InChI is InChI=1S/C66H67Cl2N11O17/c67-43-19-31-3-11-47(43)95-50-27-37-28-51(59(50)86)96-48-12-7-34(25-44(48)68)58(85)57(66(93)77-54(35-21-39(81)29-40(82)22-35)62(89)73-16-2-15-72-18-17-71-14-1-13-69)79-63(90)53(32-4-8-38(80)9-5-32)76-65(92)56(37)78-64(91)55-36-23-41(83)30-42(24-36)94-49-26-33(6-10-46(49)84)52(70)61(88)74-45(20-31)60(87)75-55/h3-12,19,21-30,45,52-58,71-72,80-86H,1-2,13-18,20,69-70H2,(H,73,89)(H,74,88)(H,75,87)(H,76,92)(H,77,93)(H,78,91)(H,79,90). The van der Waals surface area contributed by atoms with Gasteiger partial charge < -0.3 is 109 Å². The molecule has 8 unspecified atom stereocenters. The zero-order valence-corrected chi connectivity index (χ0v) is 52.2. The summed E-state index contributed by atoms with van der Waals surface area (Å²) in [6, 6.07) is 12.2. The van der Waals surface area contributed by atoms with Crippen LogP contribution in [0.1, 0.15) is 88.1 Å². The predicted octanol–water partition coefficient (Wildman–Crippen LogP) is 3.95. The minimum absolute atomic E-state index is 0.0604. The molecule has 7 amide bonds. The molecule has 0 aromatic heterocycles. The predicted molar refractivity (Wildman–Crippen MR) is 345 cm³/mol. The van der Waals surface area contributed by atoms with Gasteiger partial charge in [0.15, 0.2) is 23.0 Å². The molecule has 7 aromatic rings. The molecule has 0 aliphatic carbocycles. The molecule has 502 valence electrons. The Kier molecular flexibility index (Phi) is 21.5. The zero-order chi connectivity index (χ0) is 68.5. The summed E-state index contributed by atoms with van der Waals surface area (Å²) in [5.74, 6) is -12.7. The highest BCUT2D eigenvalue weighted by molar-refractivity contribution is 6.32. The molecule has 7 aromatic carbocycles. The van der Waals surface area contributed by atoms with Crippen molar-refractivity contribution in [2.24, 2.45) is 11.5 Å². The first-order valence-corrected chi connectivity index (χ1v) is 30.9. The summed E-state index contributed by atoms with van der Waals surface area (Å²) in [7, 11) is 0. The number of carbonyl (C=O) groups excluding carboxylic acids is 7. The fourth-order valence-corrected chi connectivity index (χ4v) is 11.3. The number of fused-ring (bicyclic) bond motifs is 15. The van der Waals surface area contributed by atoms with Gasteiger partial charge in [0.05, 0.1) is 10.0 Å². The maximum Gasteiger partial charge on any atom is 0.248 e. The summed E-state index contributed by atoms with van der Waals surface area (Å²) in [6.07, 6.45) is -1.22. The van der Waals surface area contributed by atoms with Crippen molar-refractivity contribution in [1.29, 1.82) is 0 Å². The van der Waals surface area contributed by atoms with Crippen molar-refractivity contribution in [1.82, 2.24) is 47.9 Å². The molecule has 5 aliphatic rings. The van der Waals surface area contributed by atoms with Gasteiger partial charge in [0.1, 0.15) is 88.6 Å². The van der Waals surface area contributed by atoms with Crippen LogP contribution in [0.15, 0.2) is 127 Å². The van der Waals surface area contributed by atoms with E-state index in [1.165, 1.54) is 66.7 Å². The summed E-state index contributed by atoms with van der Waals surface area (Å²) in [4.78, 5) is 105. The van der Waals surface area contributed by atoms with Gasteiger partial charge >= 0.3 is 0 Å². The number of aliphatic hydroxyl groups is 1. The number of nitrogens with two attached hydrogens (primary N) is 2. The van der Waals surface area contributed by atoms with Gasteiger partial charge in [-0.3, -0.25) is 33.6 Å². The summed E-state index contributed by atoms with van der Waals surface area (Å²) >= 11 is 13.8. The van der Waals surface area contributed by atoms with E-state index in [1.807, 2.05) is 0 Å². The third-order valence-electron chi connectivity index (χ3n) is 15.7. The number of hydrogen-bond acceptors (Lipinski definition) is 21. The van der Waals surface area contributed by atoms with Gasteiger partial charge in [0.2, 0.25) is 47.1 Å². The molecule has 30 heteroatoms. The number of aliphatic hydroxyl groups excluding tert-OH is 1. The van der Waals surface area contributed by atoms with Crippen LogP contribution >= 0.6 is 23.2 Å². The topological polar surface area (TPSA) is 449 Å². The Morgan fingerprint density at radius 1 is 0.521 bits per heavy atom. The van der Waals surface area contributed by atoms with Gasteiger partial charge in [-0.2, -0.15) is 0 Å². The molecule has 0 saturated carbocycles. The molecular formula is C66H67Cl2N11O17. The number of phenolic OH excluding ortho intramolecular Hbond substituents is 6. The Hall–Kier alpha value is -10.6. The molecule has 8 atom stereocenters. The molecule has 0 spiro atoms. The van der Waals surface area contributed by atoms with E-state index >= 15 is 19.2 Å². The SMILES string of the molecule is NCCCNCCNCCCNC(=O)C(NC(=O)C1NC(=O)C(c2ccc(O)cc2)NC(=O)C2NC(=O)C3NC(=O)C(Cc4ccc(c(Cl)c4)Oc4cc2cc(c4O)Oc2ccc(cc2Cl)C1O)NC(=O)C(N)c1ccc(O)c(c1)Oc1cc(O)cc3c1)c1cc(O)cc(O)c1. The van der Waals surface area contributed by atoms with Crippen LogP contribution in [0.25, 0.3) is 0 Å². The minimum atomic E-state index is -2.15. The van der Waals surface area contributed by atoms with Crippen molar-refractivity contribution in [3.05, 3.63) is 176 Å². The van der Waals surface area contributed by atoms with Crippen LogP contribution in [0.2, 0.25) is 10.0 Å². The van der Waals surface area contributed by atoms with E-state index in [0.29, 0.717) is 38.2 Å². The highest BCUT2D eigenvalue weighted by Gasteiger charge is 2.40. The van der Waals surface area contributed by atoms with E-state index in [0.717, 1.165) is 73.6 Å². The normalized spacial score (nSPS) is 19.8. The van der Waals surface area contributed by atoms with Crippen LogP contribution in [-0.4, -0.2) is 128 Å². The number of rotatable bonds is 15. The average Bonchev–Trinajstić information content (AvgIpc) is 0.810. The summed E-state index contributed by atoms with van der Waals surface area (Å²) < 4.78 is 18.5. The molecule has 20 N–H and O–H groups in total. The molecule has 12 rings (SSSR count). The third kappa shape index (κ3) is 16.3. The first-order chi connectivity index (χ1) is 46.0. The fraction of sp³-hybridized carbons (Fsp3) is 0.258. The van der Waals surface area contributed by atoms with E-state index in [9.17, 15) is 50.1 Å². The van der Waals surface area contributed by atoms with Gasteiger partial charge in [-0.1, -0.05) is 53.5 Å². The molecule has 5 aliphatic heterocycles. The fourth-order valence-electron chi connectivity index (χ4n) is 10.8. The second-order valence-electron chi connectivity index (χ2n) is 22.7. The summed E-state index contributed by atoms with van der Waals surface area (Å²) in [6.45, 7) is 3.08. The van der Waals surface area contributed by atoms with Gasteiger partial charge in [0.25, 0.3) is 0 Å². The minimum Gasteiger partial charge on any atom is -0.508 e. The van der Waals surface area contributed by atoms with Crippen LogP contribution in [0.4, 0.5) is 0 Å². The quantitative estimate of drug-likeness (QED) is 0.0646. The second kappa shape index (κ2) is 30.2. The van der Waals surface area contributed by atoms with Crippen LogP contribution in [0.5, 0.6) is 69.0 Å². The van der Waals surface area contributed by atoms with Gasteiger partial charge in [-0.05, 0) is 156 Å². The van der Waals surface area contributed by atoms with Gasteiger partial charge in [-0.15, -0.1) is 0 Å². The Morgan fingerprint density at radius 2 is 1.08 bits per heavy atom. The molecular weight excluding hydrogens is 1290 g/mol.